The van der Waals surface area contributed by atoms with Crippen molar-refractivity contribution in [2.45, 2.75) is 12.6 Å². The van der Waals surface area contributed by atoms with E-state index < -0.39 is 6.10 Å². The summed E-state index contributed by atoms with van der Waals surface area (Å²) in [6, 6.07) is 5.26. The van der Waals surface area contributed by atoms with Crippen LogP contribution in [0.15, 0.2) is 22.7 Å². The fourth-order valence-corrected chi connectivity index (χ4v) is 2.08. The van der Waals surface area contributed by atoms with Crippen molar-refractivity contribution in [3.63, 3.8) is 0 Å². The molecule has 1 aromatic carbocycles. The second-order valence-corrected chi connectivity index (χ2v) is 4.89. The van der Waals surface area contributed by atoms with E-state index in [1.165, 1.54) is 7.11 Å². The van der Waals surface area contributed by atoms with Crippen molar-refractivity contribution in [1.82, 2.24) is 5.32 Å². The molecule has 5 nitrogen and oxygen atoms in total. The van der Waals surface area contributed by atoms with Crippen LogP contribution in [-0.4, -0.2) is 44.6 Å². The fourth-order valence-electron chi connectivity index (χ4n) is 1.56. The van der Waals surface area contributed by atoms with Crippen LogP contribution >= 0.6 is 15.9 Å². The quantitative estimate of drug-likeness (QED) is 0.738. The van der Waals surface area contributed by atoms with E-state index >= 15 is 0 Å². The molecule has 0 spiro atoms. The summed E-state index contributed by atoms with van der Waals surface area (Å²) in [7, 11) is 2.90. The Kier molecular flexibility index (Phi) is 7.01. The van der Waals surface area contributed by atoms with Gasteiger partial charge in [-0.15, -0.1) is 0 Å². The molecule has 1 rings (SSSR count). The summed E-state index contributed by atoms with van der Waals surface area (Å²) < 4.78 is 10.3. The van der Waals surface area contributed by atoms with Crippen molar-refractivity contribution >= 4 is 21.9 Å². The van der Waals surface area contributed by atoms with Gasteiger partial charge in [-0.3, -0.25) is 0 Å². The number of ether oxygens (including phenoxy) is 2. The zero-order valence-corrected chi connectivity index (χ0v) is 12.6. The first-order valence-electron chi connectivity index (χ1n) is 5.83. The maximum Gasteiger partial charge on any atom is 0.337 e. The molecule has 0 aromatic heterocycles. The van der Waals surface area contributed by atoms with Crippen LogP contribution in [0.25, 0.3) is 0 Å². The van der Waals surface area contributed by atoms with Gasteiger partial charge in [0.25, 0.3) is 0 Å². The summed E-state index contributed by atoms with van der Waals surface area (Å²) in [5.41, 5.74) is 1.50. The highest BCUT2D eigenvalue weighted by Crippen LogP contribution is 2.19. The molecule has 1 aromatic rings. The zero-order chi connectivity index (χ0) is 14.3. The topological polar surface area (TPSA) is 67.8 Å². The third-order valence-corrected chi connectivity index (χ3v) is 3.27. The molecule has 0 aliphatic carbocycles. The summed E-state index contributed by atoms with van der Waals surface area (Å²) in [6.07, 6.45) is -0.530. The second kappa shape index (κ2) is 8.27. The molecule has 0 aliphatic rings. The van der Waals surface area contributed by atoms with Crippen LogP contribution in [-0.2, 0) is 16.0 Å². The number of aliphatic hydroxyl groups is 1. The van der Waals surface area contributed by atoms with Crippen molar-refractivity contribution in [1.29, 1.82) is 0 Å². The molecule has 0 amide bonds. The predicted octanol–water partition coefficient (Wildman–Crippen LogP) is 1.33. The second-order valence-electron chi connectivity index (χ2n) is 4.04. The molecule has 0 bridgehead atoms. The molecule has 1 atom stereocenters. The number of hydrogen-bond acceptors (Lipinski definition) is 5. The average Bonchev–Trinajstić information content (AvgIpc) is 2.40. The van der Waals surface area contributed by atoms with Gasteiger partial charge in [-0.25, -0.2) is 4.79 Å². The van der Waals surface area contributed by atoms with E-state index in [0.29, 0.717) is 25.3 Å². The van der Waals surface area contributed by atoms with Gasteiger partial charge in [-0.1, -0.05) is 22.0 Å². The van der Waals surface area contributed by atoms with Gasteiger partial charge in [-0.2, -0.15) is 0 Å². The van der Waals surface area contributed by atoms with Crippen molar-refractivity contribution in [2.75, 3.05) is 27.4 Å². The molecule has 0 radical (unpaired) electrons. The normalized spacial score (nSPS) is 12.2. The number of methoxy groups -OCH3 is 2. The van der Waals surface area contributed by atoms with Crippen molar-refractivity contribution in [2.24, 2.45) is 0 Å². The van der Waals surface area contributed by atoms with Gasteiger partial charge in [0.1, 0.15) is 0 Å². The molecule has 0 aliphatic heterocycles. The van der Waals surface area contributed by atoms with E-state index in [-0.39, 0.29) is 5.97 Å². The Hall–Kier alpha value is -0.950. The van der Waals surface area contributed by atoms with Crippen molar-refractivity contribution in [3.8, 4) is 0 Å². The van der Waals surface area contributed by atoms with E-state index in [0.717, 1.165) is 10.0 Å². The number of esters is 1. The molecule has 106 valence electrons. The summed E-state index contributed by atoms with van der Waals surface area (Å²) in [5.74, 6) is -0.365. The number of hydrogen-bond donors (Lipinski definition) is 2. The molecule has 19 heavy (non-hydrogen) atoms. The van der Waals surface area contributed by atoms with Gasteiger partial charge in [0.2, 0.25) is 0 Å². The number of benzene rings is 1. The van der Waals surface area contributed by atoms with Crippen molar-refractivity contribution < 1.29 is 19.4 Å². The Morgan fingerprint density at radius 3 is 2.79 bits per heavy atom. The number of carbonyl (C=O) groups excluding carboxylic acids is 1. The zero-order valence-electron chi connectivity index (χ0n) is 11.0. The first-order chi connectivity index (χ1) is 9.08. The van der Waals surface area contributed by atoms with Crippen LogP contribution in [0.1, 0.15) is 15.9 Å². The molecule has 2 N–H and O–H groups in total. The Labute approximate surface area is 121 Å². The smallest absolute Gasteiger partial charge is 0.337 e. The Bertz CT molecular complexity index is 425. The maximum atomic E-state index is 11.3. The molecule has 1 unspecified atom stereocenters. The Balaban J connectivity index is 2.53. The first-order valence-corrected chi connectivity index (χ1v) is 6.62. The highest BCUT2D eigenvalue weighted by molar-refractivity contribution is 9.10. The fraction of sp³-hybridized carbons (Fsp3) is 0.462. The standard InChI is InChI=1S/C13H18BrNO4/c1-18-8-11(16)7-15-6-10-4-3-9(5-12(10)14)13(17)19-2/h3-5,11,15-16H,6-8H2,1-2H3. The highest BCUT2D eigenvalue weighted by atomic mass is 79.9. The van der Waals surface area contributed by atoms with Crippen LogP contribution in [0.3, 0.4) is 0 Å². The number of rotatable bonds is 7. The minimum Gasteiger partial charge on any atom is -0.465 e. The van der Waals surface area contributed by atoms with E-state index in [9.17, 15) is 9.90 Å². The lowest BCUT2D eigenvalue weighted by atomic mass is 10.1. The van der Waals surface area contributed by atoms with Gasteiger partial charge in [-0.05, 0) is 17.7 Å². The predicted molar refractivity (Wildman–Crippen MR) is 75.1 cm³/mol. The molecule has 0 saturated heterocycles. The minimum atomic E-state index is -0.530. The van der Waals surface area contributed by atoms with Crippen LogP contribution in [0.5, 0.6) is 0 Å². The number of aliphatic hydroxyl groups excluding tert-OH is 1. The van der Waals surface area contributed by atoms with Crippen LogP contribution in [0.2, 0.25) is 0 Å². The lowest BCUT2D eigenvalue weighted by molar-refractivity contribution is 0.0600. The van der Waals surface area contributed by atoms with E-state index in [4.69, 9.17) is 4.74 Å². The lowest BCUT2D eigenvalue weighted by Gasteiger charge is -2.12. The Morgan fingerprint density at radius 2 is 2.21 bits per heavy atom. The summed E-state index contributed by atoms with van der Waals surface area (Å²) in [5, 5.41) is 12.6. The SMILES string of the molecule is COCC(O)CNCc1ccc(C(=O)OC)cc1Br. The molecule has 6 heteroatoms. The summed E-state index contributed by atoms with van der Waals surface area (Å²) >= 11 is 3.41. The number of nitrogens with one attached hydrogen (secondary N) is 1. The maximum absolute atomic E-state index is 11.3. The van der Waals surface area contributed by atoms with Crippen LogP contribution < -0.4 is 5.32 Å². The van der Waals surface area contributed by atoms with Gasteiger partial charge in [0.15, 0.2) is 0 Å². The summed E-state index contributed by atoms with van der Waals surface area (Å²) in [6.45, 7) is 1.33. The van der Waals surface area contributed by atoms with Crippen LogP contribution in [0.4, 0.5) is 0 Å². The monoisotopic (exact) mass is 331 g/mol. The van der Waals surface area contributed by atoms with Gasteiger partial charge in [0, 0.05) is 24.7 Å². The molecule has 0 saturated carbocycles. The molecular formula is C13H18BrNO4. The van der Waals surface area contributed by atoms with E-state index in [1.54, 1.807) is 19.2 Å². The summed E-state index contributed by atoms with van der Waals surface area (Å²) in [4.78, 5) is 11.3. The number of carbonyl (C=O) groups is 1. The molecule has 0 heterocycles. The largest absolute Gasteiger partial charge is 0.465 e. The van der Waals surface area contributed by atoms with Gasteiger partial charge < -0.3 is 19.9 Å². The van der Waals surface area contributed by atoms with Crippen molar-refractivity contribution in [3.05, 3.63) is 33.8 Å². The third-order valence-electron chi connectivity index (χ3n) is 2.53. The highest BCUT2D eigenvalue weighted by Gasteiger charge is 2.09. The third kappa shape index (κ3) is 5.28. The minimum absolute atomic E-state index is 0.301. The Morgan fingerprint density at radius 1 is 1.47 bits per heavy atom. The van der Waals surface area contributed by atoms with Crippen LogP contribution in [0, 0.1) is 0 Å². The van der Waals surface area contributed by atoms with E-state index in [2.05, 4.69) is 26.0 Å². The van der Waals surface area contributed by atoms with Gasteiger partial charge >= 0.3 is 5.97 Å². The molecular weight excluding hydrogens is 314 g/mol. The van der Waals surface area contributed by atoms with E-state index in [1.807, 2.05) is 6.07 Å². The first kappa shape index (κ1) is 16.1. The number of halogens is 1. The van der Waals surface area contributed by atoms with Gasteiger partial charge in [0.05, 0.1) is 25.4 Å². The molecule has 0 fully saturated rings. The average molecular weight is 332 g/mol. The lowest BCUT2D eigenvalue weighted by Crippen LogP contribution is -2.29.